The Balaban J connectivity index is 1.79. The number of hydrogen-bond donors (Lipinski definition) is 3. The number of aromatic hydroxyl groups is 1. The first-order valence-electron chi connectivity index (χ1n) is 9.67. The lowest BCUT2D eigenvalue weighted by Crippen LogP contribution is -2.51. The third-order valence-corrected chi connectivity index (χ3v) is 5.64. The average molecular weight is 423 g/mol. The van der Waals surface area contributed by atoms with Crippen LogP contribution in [0.15, 0.2) is 30.5 Å². The second-order valence-electron chi connectivity index (χ2n) is 7.52. The minimum Gasteiger partial charge on any atom is -0.507 e. The van der Waals surface area contributed by atoms with Crippen LogP contribution < -0.4 is 10.6 Å². The van der Waals surface area contributed by atoms with E-state index in [1.807, 2.05) is 0 Å². The summed E-state index contributed by atoms with van der Waals surface area (Å²) in [6.07, 6.45) is -0.423. The van der Waals surface area contributed by atoms with Crippen LogP contribution >= 0.6 is 0 Å². The molecule has 2 aromatic heterocycles. The van der Waals surface area contributed by atoms with Crippen LogP contribution in [0.4, 0.5) is 23.5 Å². The molecule has 30 heavy (non-hydrogen) atoms. The van der Waals surface area contributed by atoms with E-state index in [-0.39, 0.29) is 22.3 Å². The van der Waals surface area contributed by atoms with E-state index in [1.165, 1.54) is 16.7 Å². The molecule has 6 nitrogen and oxygen atoms in total. The summed E-state index contributed by atoms with van der Waals surface area (Å²) in [5.74, 6) is -0.937. The molecule has 1 atom stereocenters. The van der Waals surface area contributed by atoms with Crippen LogP contribution in [0.25, 0.3) is 16.8 Å². The molecule has 1 aromatic carbocycles. The Bertz CT molecular complexity index is 1070. The van der Waals surface area contributed by atoms with Gasteiger partial charge in [0.1, 0.15) is 17.0 Å². The Kier molecular flexibility index (Phi) is 5.05. The predicted molar refractivity (Wildman–Crippen MR) is 104 cm³/mol. The lowest BCUT2D eigenvalue weighted by atomic mass is 9.87. The number of aromatic nitrogens is 3. The first-order chi connectivity index (χ1) is 14.2. The van der Waals surface area contributed by atoms with E-state index in [0.717, 1.165) is 44.5 Å². The summed E-state index contributed by atoms with van der Waals surface area (Å²) in [5.41, 5.74) is -1.32. The molecule has 3 aromatic rings. The number of nitrogens with zero attached hydrogens (tertiary/aromatic N) is 3. The highest BCUT2D eigenvalue weighted by molar-refractivity contribution is 5.82. The smallest absolute Gasteiger partial charge is 0.416 e. The molecule has 160 valence electrons. The molecule has 0 saturated carbocycles. The molecule has 10 heteroatoms. The van der Waals surface area contributed by atoms with Gasteiger partial charge in [-0.1, -0.05) is 6.92 Å². The van der Waals surface area contributed by atoms with Crippen LogP contribution in [-0.4, -0.2) is 38.3 Å². The molecule has 4 rings (SSSR count). The van der Waals surface area contributed by atoms with E-state index in [2.05, 4.69) is 27.8 Å². The maximum absolute atomic E-state index is 14.6. The van der Waals surface area contributed by atoms with E-state index in [0.29, 0.717) is 12.0 Å². The molecule has 0 bridgehead atoms. The van der Waals surface area contributed by atoms with Crippen molar-refractivity contribution in [2.75, 3.05) is 18.4 Å². The van der Waals surface area contributed by atoms with Gasteiger partial charge in [0.2, 0.25) is 5.95 Å². The van der Waals surface area contributed by atoms with Gasteiger partial charge in [0.15, 0.2) is 5.82 Å². The van der Waals surface area contributed by atoms with Gasteiger partial charge in [-0.05, 0) is 50.1 Å². The first kappa shape index (κ1) is 20.4. The average Bonchev–Trinajstić information content (AvgIpc) is 3.11. The van der Waals surface area contributed by atoms with Crippen molar-refractivity contribution in [3.8, 4) is 17.0 Å². The van der Waals surface area contributed by atoms with Gasteiger partial charge in [-0.3, -0.25) is 4.40 Å². The molecule has 3 heterocycles. The summed E-state index contributed by atoms with van der Waals surface area (Å²) in [4.78, 5) is 0. The SMILES string of the molecule is CC[C@@]1(Nc2nnc(-c3ccc(C(F)(F)F)cc3O)c3c(F)ccn23)CCCNC1. The maximum atomic E-state index is 14.6. The first-order valence-corrected chi connectivity index (χ1v) is 9.67. The van der Waals surface area contributed by atoms with Gasteiger partial charge in [-0.15, -0.1) is 10.2 Å². The number of phenols is 1. The summed E-state index contributed by atoms with van der Waals surface area (Å²) in [7, 11) is 0. The van der Waals surface area contributed by atoms with Crippen molar-refractivity contribution in [1.82, 2.24) is 19.9 Å². The molecule has 0 unspecified atom stereocenters. The number of anilines is 1. The maximum Gasteiger partial charge on any atom is 0.416 e. The lowest BCUT2D eigenvalue weighted by Gasteiger charge is -2.38. The van der Waals surface area contributed by atoms with Crippen LogP contribution in [0.5, 0.6) is 5.75 Å². The Labute approximate surface area is 169 Å². The number of halogens is 4. The van der Waals surface area contributed by atoms with Crippen LogP contribution in [-0.2, 0) is 6.18 Å². The fourth-order valence-electron chi connectivity index (χ4n) is 3.88. The van der Waals surface area contributed by atoms with Gasteiger partial charge in [-0.2, -0.15) is 13.2 Å². The van der Waals surface area contributed by atoms with Crippen molar-refractivity contribution in [2.45, 2.75) is 37.9 Å². The molecule has 3 N–H and O–H groups in total. The quantitative estimate of drug-likeness (QED) is 0.549. The summed E-state index contributed by atoms with van der Waals surface area (Å²) in [6, 6.07) is 3.72. The van der Waals surface area contributed by atoms with Crippen molar-refractivity contribution < 1.29 is 22.7 Å². The largest absolute Gasteiger partial charge is 0.507 e. The van der Waals surface area contributed by atoms with Gasteiger partial charge < -0.3 is 15.7 Å². The van der Waals surface area contributed by atoms with Gasteiger partial charge in [0.05, 0.1) is 11.1 Å². The second-order valence-corrected chi connectivity index (χ2v) is 7.52. The van der Waals surface area contributed by atoms with Crippen molar-refractivity contribution >= 4 is 11.5 Å². The van der Waals surface area contributed by atoms with Crippen LogP contribution in [0, 0.1) is 5.82 Å². The van der Waals surface area contributed by atoms with E-state index in [9.17, 15) is 22.7 Å². The van der Waals surface area contributed by atoms with Gasteiger partial charge >= 0.3 is 6.18 Å². The van der Waals surface area contributed by atoms with Gasteiger partial charge in [0.25, 0.3) is 0 Å². The molecule has 1 aliphatic rings. The third kappa shape index (κ3) is 3.55. The number of phenolic OH excluding ortho intramolecular Hbond substituents is 1. The third-order valence-electron chi connectivity index (χ3n) is 5.64. The Morgan fingerprint density at radius 1 is 1.27 bits per heavy atom. The van der Waals surface area contributed by atoms with E-state index in [1.54, 1.807) is 0 Å². The van der Waals surface area contributed by atoms with Crippen molar-refractivity contribution in [3.05, 3.63) is 41.8 Å². The number of fused-ring (bicyclic) bond motifs is 1. The molecular weight excluding hydrogens is 402 g/mol. The van der Waals surface area contributed by atoms with Crippen molar-refractivity contribution in [1.29, 1.82) is 0 Å². The normalized spacial score (nSPS) is 19.9. The molecule has 0 radical (unpaired) electrons. The highest BCUT2D eigenvalue weighted by Gasteiger charge is 2.33. The van der Waals surface area contributed by atoms with Crippen LogP contribution in [0.3, 0.4) is 0 Å². The van der Waals surface area contributed by atoms with Crippen LogP contribution in [0.2, 0.25) is 0 Å². The molecule has 1 saturated heterocycles. The fraction of sp³-hybridized carbons (Fsp3) is 0.400. The zero-order valence-corrected chi connectivity index (χ0v) is 16.2. The number of nitrogens with one attached hydrogen (secondary N) is 2. The Hall–Kier alpha value is -2.88. The zero-order chi connectivity index (χ0) is 21.5. The Morgan fingerprint density at radius 3 is 2.70 bits per heavy atom. The zero-order valence-electron chi connectivity index (χ0n) is 16.2. The van der Waals surface area contributed by atoms with Gasteiger partial charge in [0, 0.05) is 18.3 Å². The van der Waals surface area contributed by atoms with Gasteiger partial charge in [-0.25, -0.2) is 4.39 Å². The van der Waals surface area contributed by atoms with Crippen LogP contribution in [0.1, 0.15) is 31.7 Å². The molecule has 0 aliphatic carbocycles. The summed E-state index contributed by atoms with van der Waals surface area (Å²) >= 11 is 0. The fourth-order valence-corrected chi connectivity index (χ4v) is 3.88. The second kappa shape index (κ2) is 7.42. The number of hydrogen-bond acceptors (Lipinski definition) is 5. The van der Waals surface area contributed by atoms with E-state index in [4.69, 9.17) is 0 Å². The molecule has 1 aliphatic heterocycles. The number of piperidine rings is 1. The Morgan fingerprint density at radius 2 is 2.07 bits per heavy atom. The van der Waals surface area contributed by atoms with E-state index >= 15 is 0 Å². The molecule has 1 fully saturated rings. The highest BCUT2D eigenvalue weighted by Crippen LogP contribution is 2.38. The number of rotatable bonds is 4. The number of alkyl halides is 3. The summed E-state index contributed by atoms with van der Waals surface area (Å²) in [6.45, 7) is 3.70. The molecular formula is C20H21F4N5O. The van der Waals surface area contributed by atoms with Crippen molar-refractivity contribution in [3.63, 3.8) is 0 Å². The highest BCUT2D eigenvalue weighted by atomic mass is 19.4. The topological polar surface area (TPSA) is 74.5 Å². The predicted octanol–water partition coefficient (Wildman–Crippen LogP) is 4.20. The summed E-state index contributed by atoms with van der Waals surface area (Å²) in [5, 5.41) is 25.1. The standard InChI is InChI=1S/C20H21F4N5O/c1-2-19(7-3-8-25-11-19)26-18-28-27-16(17-14(21)6-9-29(17)18)13-5-4-12(10-15(13)30)20(22,23)24/h4-6,9-10,25,30H,2-3,7-8,11H2,1H3,(H,26,28)/t19-/m1/s1. The van der Waals surface area contributed by atoms with Crippen molar-refractivity contribution in [2.24, 2.45) is 0 Å². The lowest BCUT2D eigenvalue weighted by molar-refractivity contribution is -0.137. The summed E-state index contributed by atoms with van der Waals surface area (Å²) < 4.78 is 54.8. The number of benzene rings is 1. The molecule has 0 spiro atoms. The molecule has 0 amide bonds. The minimum absolute atomic E-state index is 0.0255. The minimum atomic E-state index is -4.60. The van der Waals surface area contributed by atoms with E-state index < -0.39 is 23.3 Å². The monoisotopic (exact) mass is 423 g/mol.